The summed E-state index contributed by atoms with van der Waals surface area (Å²) in [6.07, 6.45) is 2.17. The normalized spacial score (nSPS) is 24.1. The largest absolute Gasteiger partial charge is 0.491 e. The number of amides is 1. The van der Waals surface area contributed by atoms with Gasteiger partial charge in [-0.1, -0.05) is 12.1 Å². The van der Waals surface area contributed by atoms with Crippen LogP contribution in [0.25, 0.3) is 0 Å². The Hall–Kier alpha value is -1.51. The molecule has 1 fully saturated rings. The van der Waals surface area contributed by atoms with Gasteiger partial charge in [0.1, 0.15) is 12.4 Å². The van der Waals surface area contributed by atoms with Crippen LogP contribution in [0.2, 0.25) is 0 Å². The third-order valence-corrected chi connectivity index (χ3v) is 3.19. The lowest BCUT2D eigenvalue weighted by atomic mass is 10.2. The number of benzene rings is 1. The van der Waals surface area contributed by atoms with Crippen LogP contribution in [0.3, 0.4) is 0 Å². The second kappa shape index (κ2) is 3.26. The molecule has 1 atom stereocenters. The fourth-order valence-corrected chi connectivity index (χ4v) is 2.39. The van der Waals surface area contributed by atoms with E-state index in [2.05, 4.69) is 0 Å². The van der Waals surface area contributed by atoms with Gasteiger partial charge in [0.15, 0.2) is 0 Å². The van der Waals surface area contributed by atoms with Gasteiger partial charge in [-0.3, -0.25) is 4.79 Å². The number of rotatable bonds is 0. The van der Waals surface area contributed by atoms with E-state index in [9.17, 15) is 4.79 Å². The van der Waals surface area contributed by atoms with E-state index in [4.69, 9.17) is 4.74 Å². The maximum atomic E-state index is 12.2. The summed E-state index contributed by atoms with van der Waals surface area (Å²) < 4.78 is 5.67. The number of nitrogens with zero attached hydrogens (tertiary/aromatic N) is 1. The number of fused-ring (bicyclic) bond motifs is 2. The van der Waals surface area contributed by atoms with Crippen LogP contribution >= 0.6 is 0 Å². The molecule has 2 aliphatic heterocycles. The molecule has 2 aliphatic rings. The van der Waals surface area contributed by atoms with Gasteiger partial charge in [0, 0.05) is 6.54 Å². The van der Waals surface area contributed by atoms with Gasteiger partial charge in [0.25, 0.3) is 5.91 Å². The minimum Gasteiger partial charge on any atom is -0.491 e. The Kier molecular flexibility index (Phi) is 1.91. The van der Waals surface area contributed by atoms with Crippen molar-refractivity contribution in [2.45, 2.75) is 18.9 Å². The van der Waals surface area contributed by atoms with Gasteiger partial charge >= 0.3 is 0 Å². The zero-order valence-electron chi connectivity index (χ0n) is 8.48. The lowest BCUT2D eigenvalue weighted by molar-refractivity contribution is 0.0726. The van der Waals surface area contributed by atoms with Crippen LogP contribution in [-0.2, 0) is 0 Å². The molecule has 0 spiro atoms. The summed E-state index contributed by atoms with van der Waals surface area (Å²) >= 11 is 0. The maximum absolute atomic E-state index is 12.2. The van der Waals surface area contributed by atoms with Crippen molar-refractivity contribution in [1.82, 2.24) is 4.90 Å². The second-order valence-corrected chi connectivity index (χ2v) is 4.10. The maximum Gasteiger partial charge on any atom is 0.257 e. The minimum absolute atomic E-state index is 0.130. The molecule has 0 aliphatic carbocycles. The molecule has 0 N–H and O–H groups in total. The van der Waals surface area contributed by atoms with Crippen LogP contribution in [0.4, 0.5) is 0 Å². The highest BCUT2D eigenvalue weighted by Gasteiger charge is 2.33. The van der Waals surface area contributed by atoms with Gasteiger partial charge in [-0.05, 0) is 25.0 Å². The molecule has 2 heterocycles. The molecule has 1 aromatic rings. The van der Waals surface area contributed by atoms with Crippen molar-refractivity contribution in [3.8, 4) is 5.75 Å². The summed E-state index contributed by atoms with van der Waals surface area (Å²) in [5.74, 6) is 0.863. The number of carbonyl (C=O) groups is 1. The van der Waals surface area contributed by atoms with E-state index in [0.717, 1.165) is 25.1 Å². The van der Waals surface area contributed by atoms with Crippen molar-refractivity contribution in [3.05, 3.63) is 29.8 Å². The molecule has 3 heteroatoms. The van der Waals surface area contributed by atoms with Crippen LogP contribution in [0, 0.1) is 0 Å². The monoisotopic (exact) mass is 203 g/mol. The lowest BCUT2D eigenvalue weighted by Gasteiger charge is -2.20. The van der Waals surface area contributed by atoms with E-state index < -0.39 is 0 Å². The molecule has 15 heavy (non-hydrogen) atoms. The summed E-state index contributed by atoms with van der Waals surface area (Å²) in [6, 6.07) is 7.79. The van der Waals surface area contributed by atoms with Gasteiger partial charge in [0.2, 0.25) is 0 Å². The quantitative estimate of drug-likeness (QED) is 0.642. The summed E-state index contributed by atoms with van der Waals surface area (Å²) in [7, 11) is 0. The molecule has 1 amide bonds. The predicted molar refractivity (Wildman–Crippen MR) is 56.0 cm³/mol. The van der Waals surface area contributed by atoms with Gasteiger partial charge in [-0.2, -0.15) is 0 Å². The number of para-hydroxylation sites is 1. The first-order chi connectivity index (χ1) is 7.36. The zero-order valence-corrected chi connectivity index (χ0v) is 8.48. The third kappa shape index (κ3) is 1.30. The van der Waals surface area contributed by atoms with Crippen LogP contribution in [0.15, 0.2) is 24.3 Å². The van der Waals surface area contributed by atoms with Gasteiger partial charge < -0.3 is 9.64 Å². The van der Waals surface area contributed by atoms with Crippen LogP contribution in [-0.4, -0.2) is 30.0 Å². The van der Waals surface area contributed by atoms with Crippen molar-refractivity contribution >= 4 is 5.91 Å². The molecule has 3 nitrogen and oxygen atoms in total. The van der Waals surface area contributed by atoms with E-state index in [1.54, 1.807) is 0 Å². The Bertz CT molecular complexity index is 402. The van der Waals surface area contributed by atoms with Crippen molar-refractivity contribution < 1.29 is 9.53 Å². The van der Waals surface area contributed by atoms with E-state index in [0.29, 0.717) is 12.2 Å². The molecule has 1 saturated heterocycles. The fourth-order valence-electron chi connectivity index (χ4n) is 2.39. The zero-order chi connectivity index (χ0) is 10.3. The smallest absolute Gasteiger partial charge is 0.257 e. The van der Waals surface area contributed by atoms with Crippen molar-refractivity contribution in [2.75, 3.05) is 13.2 Å². The Morgan fingerprint density at radius 3 is 3.13 bits per heavy atom. The molecule has 1 unspecified atom stereocenters. The van der Waals surface area contributed by atoms with Crippen molar-refractivity contribution in [2.24, 2.45) is 0 Å². The first kappa shape index (κ1) is 8.77. The Labute approximate surface area is 88.6 Å². The predicted octanol–water partition coefficient (Wildman–Crippen LogP) is 1.68. The van der Waals surface area contributed by atoms with Gasteiger partial charge in [0.05, 0.1) is 11.6 Å². The Morgan fingerprint density at radius 1 is 1.33 bits per heavy atom. The van der Waals surface area contributed by atoms with Gasteiger partial charge in [-0.25, -0.2) is 0 Å². The minimum atomic E-state index is 0.130. The van der Waals surface area contributed by atoms with E-state index in [-0.39, 0.29) is 11.9 Å². The van der Waals surface area contributed by atoms with E-state index in [1.165, 1.54) is 0 Å². The summed E-state index contributed by atoms with van der Waals surface area (Å²) in [5.41, 5.74) is 0.710. The summed E-state index contributed by atoms with van der Waals surface area (Å²) in [6.45, 7) is 1.52. The average Bonchev–Trinajstić information content (AvgIpc) is 2.69. The molecule has 1 aromatic carbocycles. The SMILES string of the molecule is O=C1c2ccccc2OCC2CCCN12. The molecule has 0 bridgehead atoms. The molecule has 0 radical (unpaired) electrons. The van der Waals surface area contributed by atoms with Crippen LogP contribution in [0.1, 0.15) is 23.2 Å². The Morgan fingerprint density at radius 2 is 2.20 bits per heavy atom. The summed E-state index contributed by atoms with van der Waals surface area (Å²) in [4.78, 5) is 14.1. The second-order valence-electron chi connectivity index (χ2n) is 4.10. The number of hydrogen-bond donors (Lipinski definition) is 0. The lowest BCUT2D eigenvalue weighted by Crippen LogP contribution is -2.36. The number of ether oxygens (including phenoxy) is 1. The van der Waals surface area contributed by atoms with E-state index in [1.807, 2.05) is 29.2 Å². The number of carbonyl (C=O) groups excluding carboxylic acids is 1. The first-order valence-electron chi connectivity index (χ1n) is 5.39. The third-order valence-electron chi connectivity index (χ3n) is 3.19. The average molecular weight is 203 g/mol. The Balaban J connectivity index is 2.04. The van der Waals surface area contributed by atoms with Crippen molar-refractivity contribution in [1.29, 1.82) is 0 Å². The van der Waals surface area contributed by atoms with Crippen molar-refractivity contribution in [3.63, 3.8) is 0 Å². The molecular formula is C12H13NO2. The van der Waals surface area contributed by atoms with Crippen LogP contribution < -0.4 is 4.74 Å². The molecular weight excluding hydrogens is 190 g/mol. The first-order valence-corrected chi connectivity index (χ1v) is 5.39. The summed E-state index contributed by atoms with van der Waals surface area (Å²) in [5, 5.41) is 0. The topological polar surface area (TPSA) is 29.5 Å². The highest BCUT2D eigenvalue weighted by Crippen LogP contribution is 2.29. The molecule has 78 valence electrons. The standard InChI is InChI=1S/C12H13NO2/c14-12-10-5-1-2-6-11(10)15-8-9-4-3-7-13(9)12/h1-2,5-6,9H,3-4,7-8H2. The fraction of sp³-hybridized carbons (Fsp3) is 0.417. The van der Waals surface area contributed by atoms with Crippen LogP contribution in [0.5, 0.6) is 5.75 Å². The number of hydrogen-bond acceptors (Lipinski definition) is 2. The molecule has 3 rings (SSSR count). The molecule has 0 saturated carbocycles. The molecule has 0 aromatic heterocycles. The van der Waals surface area contributed by atoms with Gasteiger partial charge in [-0.15, -0.1) is 0 Å². The highest BCUT2D eigenvalue weighted by atomic mass is 16.5. The van der Waals surface area contributed by atoms with E-state index >= 15 is 0 Å². The highest BCUT2D eigenvalue weighted by molar-refractivity contribution is 5.97.